The Hall–Kier alpha value is -2.54. The predicted molar refractivity (Wildman–Crippen MR) is 109 cm³/mol. The van der Waals surface area contributed by atoms with E-state index in [9.17, 15) is 18.0 Å². The van der Waals surface area contributed by atoms with Crippen LogP contribution >= 0.6 is 0 Å². The van der Waals surface area contributed by atoms with Gasteiger partial charge in [-0.25, -0.2) is 0 Å². The van der Waals surface area contributed by atoms with E-state index in [1.54, 1.807) is 7.11 Å². The quantitative estimate of drug-likeness (QED) is 0.678. The molecule has 30 heavy (non-hydrogen) atoms. The summed E-state index contributed by atoms with van der Waals surface area (Å²) in [5.74, 6) is 0.653. The zero-order chi connectivity index (χ0) is 21.7. The Morgan fingerprint density at radius 2 is 1.70 bits per heavy atom. The van der Waals surface area contributed by atoms with Gasteiger partial charge in [0.2, 0.25) is 5.91 Å². The van der Waals surface area contributed by atoms with Crippen LogP contribution in [0.1, 0.15) is 36.0 Å². The van der Waals surface area contributed by atoms with Crippen LogP contribution in [0.3, 0.4) is 0 Å². The van der Waals surface area contributed by atoms with E-state index in [4.69, 9.17) is 4.74 Å². The summed E-state index contributed by atoms with van der Waals surface area (Å²) >= 11 is 0. The molecule has 1 fully saturated rings. The molecule has 0 spiro atoms. The van der Waals surface area contributed by atoms with Crippen LogP contribution < -0.4 is 4.74 Å². The third-order valence-electron chi connectivity index (χ3n) is 5.56. The fraction of sp³-hybridized carbons (Fsp3) is 0.435. The second kappa shape index (κ2) is 9.51. The molecular weight excluding hydrogens is 393 g/mol. The van der Waals surface area contributed by atoms with E-state index in [0.29, 0.717) is 12.1 Å². The number of hydrogen-bond acceptors (Lipinski definition) is 3. The first-order chi connectivity index (χ1) is 14.3. The second-order valence-corrected chi connectivity index (χ2v) is 7.70. The van der Waals surface area contributed by atoms with Crippen molar-refractivity contribution in [3.05, 3.63) is 65.2 Å². The Morgan fingerprint density at radius 3 is 2.27 bits per heavy atom. The number of carbonyl (C=O) groups is 1. The standard InChI is InChI=1S/C23H27F3N2O2/c1-27-14-4-3-5-21(27)28(16-18-8-12-20(30-2)13-9-18)22(29)15-17-6-10-19(11-7-17)23(24,25)26/h6-13,21H,3-5,14-16H2,1-2H3. The predicted octanol–water partition coefficient (Wildman–Crippen LogP) is 4.73. The van der Waals surface area contributed by atoms with Crippen molar-refractivity contribution in [2.75, 3.05) is 20.7 Å². The molecule has 4 nitrogen and oxygen atoms in total. The lowest BCUT2D eigenvalue weighted by Gasteiger charge is -2.41. The molecule has 0 N–H and O–H groups in total. The summed E-state index contributed by atoms with van der Waals surface area (Å²) in [6.45, 7) is 1.36. The van der Waals surface area contributed by atoms with E-state index < -0.39 is 11.7 Å². The lowest BCUT2D eigenvalue weighted by molar-refractivity contribution is -0.139. The van der Waals surface area contributed by atoms with Gasteiger partial charge in [0.05, 0.1) is 25.3 Å². The van der Waals surface area contributed by atoms with Crippen LogP contribution in [0, 0.1) is 0 Å². The van der Waals surface area contributed by atoms with Gasteiger partial charge >= 0.3 is 6.18 Å². The minimum atomic E-state index is -4.38. The minimum Gasteiger partial charge on any atom is -0.497 e. The molecule has 1 aliphatic rings. The molecule has 2 aromatic rings. The second-order valence-electron chi connectivity index (χ2n) is 7.70. The molecule has 1 amide bonds. The van der Waals surface area contributed by atoms with Crippen molar-refractivity contribution in [1.82, 2.24) is 9.80 Å². The van der Waals surface area contributed by atoms with E-state index >= 15 is 0 Å². The zero-order valence-corrected chi connectivity index (χ0v) is 17.3. The van der Waals surface area contributed by atoms with Gasteiger partial charge < -0.3 is 9.64 Å². The Balaban J connectivity index is 1.78. The Labute approximate surface area is 175 Å². The molecule has 0 aliphatic carbocycles. The summed E-state index contributed by atoms with van der Waals surface area (Å²) < 4.78 is 43.6. The number of amides is 1. The molecule has 0 aromatic heterocycles. The third-order valence-corrected chi connectivity index (χ3v) is 5.56. The summed E-state index contributed by atoms with van der Waals surface area (Å²) in [6, 6.07) is 12.4. The van der Waals surface area contributed by atoms with Gasteiger partial charge in [0.25, 0.3) is 0 Å². The van der Waals surface area contributed by atoms with Crippen LogP contribution in [0.2, 0.25) is 0 Å². The van der Waals surface area contributed by atoms with Gasteiger partial charge in [0.15, 0.2) is 0 Å². The number of carbonyl (C=O) groups excluding carboxylic acids is 1. The number of halogens is 3. The van der Waals surface area contributed by atoms with Gasteiger partial charge in [-0.2, -0.15) is 13.2 Å². The maximum atomic E-state index is 13.2. The lowest BCUT2D eigenvalue weighted by atomic mass is 10.0. The van der Waals surface area contributed by atoms with Gasteiger partial charge in [-0.05, 0) is 68.2 Å². The molecule has 0 bridgehead atoms. The molecule has 7 heteroatoms. The summed E-state index contributed by atoms with van der Waals surface area (Å²) in [5.41, 5.74) is 0.850. The van der Waals surface area contributed by atoms with Gasteiger partial charge in [-0.1, -0.05) is 24.3 Å². The van der Waals surface area contributed by atoms with Crippen LogP contribution in [0.15, 0.2) is 48.5 Å². The summed E-state index contributed by atoms with van der Waals surface area (Å²) in [6.07, 6.45) is -1.32. The maximum Gasteiger partial charge on any atom is 0.416 e. The number of methoxy groups -OCH3 is 1. The van der Waals surface area contributed by atoms with Crippen molar-refractivity contribution in [1.29, 1.82) is 0 Å². The topological polar surface area (TPSA) is 32.8 Å². The van der Waals surface area contributed by atoms with Crippen molar-refractivity contribution in [3.63, 3.8) is 0 Å². The SMILES string of the molecule is COc1ccc(CN(C(=O)Cc2ccc(C(F)(F)F)cc2)C2CCCCN2C)cc1. The Bertz CT molecular complexity index is 835. The molecule has 1 aliphatic heterocycles. The highest BCUT2D eigenvalue weighted by Crippen LogP contribution is 2.29. The highest BCUT2D eigenvalue weighted by molar-refractivity contribution is 5.79. The molecule has 162 valence electrons. The maximum absolute atomic E-state index is 13.2. The minimum absolute atomic E-state index is 0.0252. The van der Waals surface area contributed by atoms with Gasteiger partial charge in [-0.3, -0.25) is 9.69 Å². The number of piperidine rings is 1. The molecule has 0 radical (unpaired) electrons. The molecule has 1 atom stereocenters. The zero-order valence-electron chi connectivity index (χ0n) is 17.3. The van der Waals surface area contributed by atoms with Crippen molar-refractivity contribution in [3.8, 4) is 5.75 Å². The first kappa shape index (κ1) is 22.2. The van der Waals surface area contributed by atoms with E-state index in [2.05, 4.69) is 4.90 Å². The molecule has 1 saturated heterocycles. The van der Waals surface area contributed by atoms with Crippen molar-refractivity contribution in [2.45, 2.75) is 44.6 Å². The molecule has 3 rings (SSSR count). The Kier molecular flexibility index (Phi) is 7.02. The lowest BCUT2D eigenvalue weighted by Crippen LogP contribution is -2.51. The van der Waals surface area contributed by atoms with E-state index in [-0.39, 0.29) is 18.5 Å². The van der Waals surface area contributed by atoms with Crippen LogP contribution in [0.25, 0.3) is 0 Å². The fourth-order valence-corrected chi connectivity index (χ4v) is 3.83. The summed E-state index contributed by atoms with van der Waals surface area (Å²) in [4.78, 5) is 17.2. The van der Waals surface area contributed by atoms with Crippen LogP contribution in [-0.4, -0.2) is 42.6 Å². The number of benzene rings is 2. The fourth-order valence-electron chi connectivity index (χ4n) is 3.83. The molecule has 2 aromatic carbocycles. The van der Waals surface area contributed by atoms with Gasteiger partial charge in [0, 0.05) is 6.54 Å². The molecular formula is C23H27F3N2O2. The summed E-state index contributed by atoms with van der Waals surface area (Å²) in [5, 5.41) is 0. The Morgan fingerprint density at radius 1 is 1.07 bits per heavy atom. The smallest absolute Gasteiger partial charge is 0.416 e. The van der Waals surface area contributed by atoms with Crippen molar-refractivity contribution >= 4 is 5.91 Å². The van der Waals surface area contributed by atoms with E-state index in [1.807, 2.05) is 36.2 Å². The number of hydrogen-bond donors (Lipinski definition) is 0. The molecule has 1 heterocycles. The van der Waals surface area contributed by atoms with Crippen molar-refractivity contribution in [2.24, 2.45) is 0 Å². The molecule has 0 saturated carbocycles. The first-order valence-electron chi connectivity index (χ1n) is 10.1. The monoisotopic (exact) mass is 420 g/mol. The average Bonchev–Trinajstić information content (AvgIpc) is 2.73. The molecule has 1 unspecified atom stereocenters. The van der Waals surface area contributed by atoms with E-state index in [1.165, 1.54) is 12.1 Å². The normalized spacial score (nSPS) is 17.6. The first-order valence-corrected chi connectivity index (χ1v) is 10.1. The van der Waals surface area contributed by atoms with Crippen molar-refractivity contribution < 1.29 is 22.7 Å². The van der Waals surface area contributed by atoms with Crippen LogP contribution in [0.4, 0.5) is 13.2 Å². The van der Waals surface area contributed by atoms with Gasteiger partial charge in [0.1, 0.15) is 5.75 Å². The largest absolute Gasteiger partial charge is 0.497 e. The number of rotatable bonds is 6. The van der Waals surface area contributed by atoms with Gasteiger partial charge in [-0.15, -0.1) is 0 Å². The highest BCUT2D eigenvalue weighted by Gasteiger charge is 2.31. The number of alkyl halides is 3. The van der Waals surface area contributed by atoms with Crippen LogP contribution in [-0.2, 0) is 23.9 Å². The van der Waals surface area contributed by atoms with Crippen LogP contribution in [0.5, 0.6) is 5.75 Å². The average molecular weight is 420 g/mol. The number of nitrogens with zero attached hydrogens (tertiary/aromatic N) is 2. The highest BCUT2D eigenvalue weighted by atomic mass is 19.4. The third kappa shape index (κ3) is 5.53. The number of ether oxygens (including phenoxy) is 1. The van der Waals surface area contributed by atoms with E-state index in [0.717, 1.165) is 49.3 Å². The number of likely N-dealkylation sites (tertiary alicyclic amines) is 1. The summed E-state index contributed by atoms with van der Waals surface area (Å²) in [7, 11) is 3.61.